The van der Waals surface area contributed by atoms with Gasteiger partial charge in [0.05, 0.1) is 0 Å². The van der Waals surface area contributed by atoms with Gasteiger partial charge in [-0.2, -0.15) is 0 Å². The molecule has 3 rings (SSSR count). The number of nitrogens with one attached hydrogen (secondary N) is 1. The number of hydrogen-bond acceptors (Lipinski definition) is 1. The molecule has 0 fully saturated rings. The molecule has 3 atom stereocenters. The van der Waals surface area contributed by atoms with Gasteiger partial charge in [-0.25, -0.2) is 0 Å². The smallest absolute Gasteiger partial charge is 0.0230 e. The summed E-state index contributed by atoms with van der Waals surface area (Å²) < 4.78 is 0.659. The zero-order valence-electron chi connectivity index (χ0n) is 15.7. The van der Waals surface area contributed by atoms with Crippen LogP contribution in [-0.2, 0) is 0 Å². The fourth-order valence-corrected chi connectivity index (χ4v) is 6.81. The van der Waals surface area contributed by atoms with E-state index in [0.29, 0.717) is 15.8 Å². The first kappa shape index (κ1) is 19.4. The molecule has 1 nitrogen and oxygen atoms in total. The Morgan fingerprint density at radius 3 is 2.20 bits per heavy atom. The van der Waals surface area contributed by atoms with E-state index in [0.717, 1.165) is 6.54 Å². The lowest BCUT2D eigenvalue weighted by Gasteiger charge is -2.51. The van der Waals surface area contributed by atoms with Gasteiger partial charge in [-0.3, -0.25) is 0 Å². The number of alkyl halides is 1. The Kier molecular flexibility index (Phi) is 7.41. The Labute approximate surface area is 168 Å². The molecule has 0 aromatic rings. The van der Waals surface area contributed by atoms with Crippen LogP contribution in [0.15, 0.2) is 48.1 Å². The van der Waals surface area contributed by atoms with Crippen molar-refractivity contribution < 1.29 is 0 Å². The van der Waals surface area contributed by atoms with E-state index in [1.807, 2.05) is 0 Å². The first-order valence-corrected chi connectivity index (χ1v) is 11.5. The summed E-state index contributed by atoms with van der Waals surface area (Å²) in [6.45, 7) is 1.11. The van der Waals surface area contributed by atoms with E-state index in [1.165, 1.54) is 57.8 Å². The second kappa shape index (κ2) is 9.55. The van der Waals surface area contributed by atoms with Crippen molar-refractivity contribution in [3.05, 3.63) is 48.1 Å². The normalized spacial score (nSPS) is 29.9. The van der Waals surface area contributed by atoms with Gasteiger partial charge in [0.15, 0.2) is 0 Å². The molecule has 1 N–H and O–H groups in total. The molecule has 2 heteroatoms. The zero-order chi connectivity index (χ0) is 17.5. The van der Waals surface area contributed by atoms with Crippen molar-refractivity contribution in [2.45, 2.75) is 61.7 Å². The van der Waals surface area contributed by atoms with Gasteiger partial charge in [0.2, 0.25) is 0 Å². The summed E-state index contributed by atoms with van der Waals surface area (Å²) in [6.07, 6.45) is 29.2. The van der Waals surface area contributed by atoms with Crippen LogP contribution in [0.5, 0.6) is 0 Å². The molecule has 0 bridgehead atoms. The molecule has 0 saturated heterocycles. The molecule has 0 aromatic carbocycles. The van der Waals surface area contributed by atoms with Crippen LogP contribution in [0.3, 0.4) is 0 Å². The maximum absolute atomic E-state index is 3.40. The van der Waals surface area contributed by atoms with Crippen LogP contribution in [0.25, 0.3) is 0 Å². The summed E-state index contributed by atoms with van der Waals surface area (Å²) in [4.78, 5) is 0. The highest BCUT2D eigenvalue weighted by Gasteiger charge is 2.50. The minimum absolute atomic E-state index is 0.266. The highest BCUT2D eigenvalue weighted by molar-refractivity contribution is 14.1. The lowest BCUT2D eigenvalue weighted by atomic mass is 9.55. The Bertz CT molecular complexity index is 518. The van der Waals surface area contributed by atoms with Crippen molar-refractivity contribution in [3.63, 3.8) is 0 Å². The number of halogens is 1. The Morgan fingerprint density at radius 2 is 1.72 bits per heavy atom. The predicted molar refractivity (Wildman–Crippen MR) is 118 cm³/mol. The minimum atomic E-state index is 0.266. The summed E-state index contributed by atoms with van der Waals surface area (Å²) >= 11 is 2.80. The molecule has 0 saturated carbocycles. The molecular weight excluding hydrogens is 417 g/mol. The topological polar surface area (TPSA) is 12.0 Å². The van der Waals surface area contributed by atoms with Crippen molar-refractivity contribution in [1.82, 2.24) is 5.32 Å². The van der Waals surface area contributed by atoms with Gasteiger partial charge in [-0.1, -0.05) is 65.1 Å². The van der Waals surface area contributed by atoms with Gasteiger partial charge >= 0.3 is 0 Å². The van der Waals surface area contributed by atoms with Gasteiger partial charge in [-0.05, 0) is 88.8 Å². The minimum Gasteiger partial charge on any atom is -0.320 e. The van der Waals surface area contributed by atoms with Crippen LogP contribution >= 0.6 is 22.6 Å². The lowest BCUT2D eigenvalue weighted by Crippen LogP contribution is -2.47. The maximum Gasteiger partial charge on any atom is 0.0230 e. The molecule has 3 aliphatic rings. The van der Waals surface area contributed by atoms with Crippen molar-refractivity contribution in [1.29, 1.82) is 0 Å². The summed E-state index contributed by atoms with van der Waals surface area (Å²) in [5.74, 6) is 1.36. The average molecular weight is 451 g/mol. The first-order chi connectivity index (χ1) is 12.3. The van der Waals surface area contributed by atoms with E-state index in [4.69, 9.17) is 0 Å². The number of allylic oxidation sites excluding steroid dienone is 8. The van der Waals surface area contributed by atoms with E-state index >= 15 is 0 Å². The molecule has 25 heavy (non-hydrogen) atoms. The highest BCUT2D eigenvalue weighted by atomic mass is 127. The van der Waals surface area contributed by atoms with Gasteiger partial charge in [0.1, 0.15) is 0 Å². The van der Waals surface area contributed by atoms with E-state index in [2.05, 4.69) is 77.5 Å². The molecular formula is C23H34IN. The first-order valence-electron chi connectivity index (χ1n) is 10.3. The van der Waals surface area contributed by atoms with Crippen LogP contribution in [0, 0.1) is 17.3 Å². The number of hydrogen-bond donors (Lipinski definition) is 1. The molecule has 0 amide bonds. The second-order valence-electron chi connectivity index (χ2n) is 7.86. The summed E-state index contributed by atoms with van der Waals surface area (Å²) in [5.41, 5.74) is 1.91. The van der Waals surface area contributed by atoms with Crippen LogP contribution in [-0.4, -0.2) is 17.5 Å². The van der Waals surface area contributed by atoms with Gasteiger partial charge in [0.25, 0.3) is 0 Å². The molecule has 3 unspecified atom stereocenters. The molecule has 0 spiro atoms. The van der Waals surface area contributed by atoms with Crippen LogP contribution in [0.4, 0.5) is 0 Å². The summed E-state index contributed by atoms with van der Waals surface area (Å²) in [7, 11) is 2.09. The van der Waals surface area contributed by atoms with Crippen molar-refractivity contribution >= 4 is 22.6 Å². The lowest BCUT2D eigenvalue weighted by molar-refractivity contribution is 0.150. The highest BCUT2D eigenvalue weighted by Crippen LogP contribution is 2.56. The Hall–Kier alpha value is -0.350. The van der Waals surface area contributed by atoms with Crippen molar-refractivity contribution in [2.75, 3.05) is 13.6 Å². The molecule has 0 aliphatic heterocycles. The number of rotatable bonds is 7. The van der Waals surface area contributed by atoms with E-state index in [1.54, 1.807) is 5.57 Å². The monoisotopic (exact) mass is 451 g/mol. The molecule has 0 aromatic heterocycles. The van der Waals surface area contributed by atoms with Gasteiger partial charge in [-0.15, -0.1) is 0 Å². The maximum atomic E-state index is 3.40. The quantitative estimate of drug-likeness (QED) is 0.269. The van der Waals surface area contributed by atoms with E-state index < -0.39 is 0 Å². The second-order valence-corrected chi connectivity index (χ2v) is 9.37. The Balaban J connectivity index is 2.07. The molecule has 3 aliphatic carbocycles. The third-order valence-corrected chi connectivity index (χ3v) is 8.05. The van der Waals surface area contributed by atoms with Gasteiger partial charge in [0, 0.05) is 9.34 Å². The van der Waals surface area contributed by atoms with Crippen LogP contribution < -0.4 is 5.32 Å². The molecule has 0 radical (unpaired) electrons. The van der Waals surface area contributed by atoms with Crippen molar-refractivity contribution in [3.8, 4) is 0 Å². The van der Waals surface area contributed by atoms with Gasteiger partial charge < -0.3 is 5.32 Å². The predicted octanol–water partition coefficient (Wildman–Crippen LogP) is 6.37. The zero-order valence-corrected chi connectivity index (χ0v) is 17.9. The van der Waals surface area contributed by atoms with Crippen LogP contribution in [0.2, 0.25) is 0 Å². The summed E-state index contributed by atoms with van der Waals surface area (Å²) in [5, 5.41) is 3.40. The van der Waals surface area contributed by atoms with E-state index in [-0.39, 0.29) is 5.41 Å². The SMILES string of the molecule is CNCCC(I)C(C1=CCCC=C1)(C1C=CCCC1)C1C=CCCC1. The van der Waals surface area contributed by atoms with Crippen LogP contribution in [0.1, 0.15) is 57.8 Å². The third kappa shape index (κ3) is 4.16. The fourth-order valence-electron chi connectivity index (χ4n) is 5.21. The van der Waals surface area contributed by atoms with Crippen molar-refractivity contribution in [2.24, 2.45) is 17.3 Å². The Morgan fingerprint density at radius 1 is 1.04 bits per heavy atom. The average Bonchev–Trinajstić information content (AvgIpc) is 2.69. The fraction of sp³-hybridized carbons (Fsp3) is 0.652. The third-order valence-electron chi connectivity index (χ3n) is 6.40. The molecule has 0 heterocycles. The molecule has 138 valence electrons. The standard InChI is InChI=1S/C23H34IN/c1-25-18-17-22(24)23(19-11-5-2-6-12-19,20-13-7-3-8-14-20)21-15-9-4-10-16-21/h5,7,9,11-13,15,20-22,25H,2-4,6,8,10,14,16-18H2,1H3. The van der Waals surface area contributed by atoms with E-state index in [9.17, 15) is 0 Å². The summed E-state index contributed by atoms with van der Waals surface area (Å²) in [6, 6.07) is 0. The largest absolute Gasteiger partial charge is 0.320 e.